The lowest BCUT2D eigenvalue weighted by Crippen LogP contribution is -2.38. The molecule has 2 aromatic carbocycles. The van der Waals surface area contributed by atoms with Gasteiger partial charge < -0.3 is 5.32 Å². The Morgan fingerprint density at radius 1 is 1.07 bits per heavy atom. The lowest BCUT2D eigenvalue weighted by molar-refractivity contribution is 0.101. The Hall–Kier alpha value is -2.38. The van der Waals surface area contributed by atoms with Crippen LogP contribution in [-0.4, -0.2) is 32.4 Å². The molecule has 1 saturated heterocycles. The SMILES string of the molecule is CC(=O)c1cccc(NC(=O)c2ccc(Cl)c(N3CCCCS3(=O)=O)c2)c1. The summed E-state index contributed by atoms with van der Waals surface area (Å²) in [7, 11) is -3.44. The number of nitrogens with one attached hydrogen (secondary N) is 1. The number of carbonyl (C=O) groups excluding carboxylic acids is 2. The summed E-state index contributed by atoms with van der Waals surface area (Å²) < 4.78 is 26.0. The van der Waals surface area contributed by atoms with Gasteiger partial charge in [-0.2, -0.15) is 0 Å². The van der Waals surface area contributed by atoms with Crippen LogP contribution in [0, 0.1) is 0 Å². The molecule has 142 valence electrons. The van der Waals surface area contributed by atoms with Gasteiger partial charge in [0, 0.05) is 23.4 Å². The first-order valence-corrected chi connectivity index (χ1v) is 10.5. The Balaban J connectivity index is 1.88. The number of anilines is 2. The molecule has 6 nitrogen and oxygen atoms in total. The Bertz CT molecular complexity index is 1000. The van der Waals surface area contributed by atoms with Crippen LogP contribution in [0.3, 0.4) is 0 Å². The van der Waals surface area contributed by atoms with Crippen molar-refractivity contribution < 1.29 is 18.0 Å². The third kappa shape index (κ3) is 4.31. The van der Waals surface area contributed by atoms with Gasteiger partial charge in [0.05, 0.1) is 16.5 Å². The van der Waals surface area contributed by atoms with Crippen LogP contribution in [-0.2, 0) is 10.0 Å². The van der Waals surface area contributed by atoms with Crippen molar-refractivity contribution in [3.05, 3.63) is 58.6 Å². The molecule has 0 bridgehead atoms. The van der Waals surface area contributed by atoms with Crippen molar-refractivity contribution in [3.8, 4) is 0 Å². The maximum atomic E-state index is 12.6. The van der Waals surface area contributed by atoms with Crippen LogP contribution in [0.2, 0.25) is 5.02 Å². The fourth-order valence-corrected chi connectivity index (χ4v) is 4.84. The monoisotopic (exact) mass is 406 g/mol. The molecule has 0 radical (unpaired) electrons. The first-order chi connectivity index (χ1) is 12.8. The highest BCUT2D eigenvalue weighted by atomic mass is 35.5. The fraction of sp³-hybridized carbons (Fsp3) is 0.263. The summed E-state index contributed by atoms with van der Waals surface area (Å²) in [5, 5.41) is 3.00. The predicted molar refractivity (Wildman–Crippen MR) is 106 cm³/mol. The molecule has 1 N–H and O–H groups in total. The molecule has 0 atom stereocenters. The van der Waals surface area contributed by atoms with Crippen LogP contribution >= 0.6 is 11.6 Å². The van der Waals surface area contributed by atoms with Crippen LogP contribution in [0.4, 0.5) is 11.4 Å². The van der Waals surface area contributed by atoms with Gasteiger partial charge in [0.25, 0.3) is 5.91 Å². The van der Waals surface area contributed by atoms with Crippen molar-refractivity contribution in [2.45, 2.75) is 19.8 Å². The lowest BCUT2D eigenvalue weighted by atomic mass is 10.1. The molecule has 27 heavy (non-hydrogen) atoms. The molecule has 1 aliphatic rings. The number of Topliss-reactive ketones (excluding diaryl/α,β-unsaturated/α-hetero) is 1. The largest absolute Gasteiger partial charge is 0.322 e. The lowest BCUT2D eigenvalue weighted by Gasteiger charge is -2.29. The van der Waals surface area contributed by atoms with Gasteiger partial charge in [0.1, 0.15) is 0 Å². The van der Waals surface area contributed by atoms with Crippen LogP contribution in [0.15, 0.2) is 42.5 Å². The van der Waals surface area contributed by atoms with Crippen molar-refractivity contribution in [1.82, 2.24) is 0 Å². The summed E-state index contributed by atoms with van der Waals surface area (Å²) in [5.41, 5.74) is 1.56. The molecule has 1 heterocycles. The van der Waals surface area contributed by atoms with Crippen LogP contribution < -0.4 is 9.62 Å². The zero-order valence-electron chi connectivity index (χ0n) is 14.7. The fourth-order valence-electron chi connectivity index (χ4n) is 2.92. The molecule has 0 aromatic heterocycles. The molecule has 0 saturated carbocycles. The van der Waals surface area contributed by atoms with Crippen molar-refractivity contribution >= 4 is 44.7 Å². The first kappa shape index (κ1) is 19.4. The van der Waals surface area contributed by atoms with Gasteiger partial charge in [-0.25, -0.2) is 8.42 Å². The number of sulfonamides is 1. The number of carbonyl (C=O) groups is 2. The van der Waals surface area contributed by atoms with Crippen molar-refractivity contribution in [2.75, 3.05) is 21.9 Å². The molecule has 1 fully saturated rings. The van der Waals surface area contributed by atoms with E-state index in [1.807, 2.05) is 0 Å². The summed E-state index contributed by atoms with van der Waals surface area (Å²) in [4.78, 5) is 24.1. The standard InChI is InChI=1S/C19H19ClN2O4S/c1-13(23)14-5-4-6-16(11-14)21-19(24)15-7-8-17(20)18(12-15)22-9-2-3-10-27(22,25)26/h4-8,11-12H,2-3,9-10H2,1H3,(H,21,24). The van der Waals surface area contributed by atoms with Gasteiger partial charge in [0.2, 0.25) is 10.0 Å². The first-order valence-electron chi connectivity index (χ1n) is 8.50. The smallest absolute Gasteiger partial charge is 0.255 e. The Kier molecular flexibility index (Phi) is 5.53. The minimum Gasteiger partial charge on any atom is -0.322 e. The van der Waals surface area contributed by atoms with Crippen molar-refractivity contribution in [1.29, 1.82) is 0 Å². The highest BCUT2D eigenvalue weighted by Gasteiger charge is 2.28. The van der Waals surface area contributed by atoms with Gasteiger partial charge in [-0.15, -0.1) is 0 Å². The van der Waals surface area contributed by atoms with Crippen molar-refractivity contribution in [2.24, 2.45) is 0 Å². The Labute approximate surface area is 163 Å². The number of amides is 1. The third-order valence-corrected chi connectivity index (χ3v) is 6.53. The highest BCUT2D eigenvalue weighted by molar-refractivity contribution is 7.92. The highest BCUT2D eigenvalue weighted by Crippen LogP contribution is 2.32. The van der Waals surface area contributed by atoms with E-state index in [0.717, 1.165) is 6.42 Å². The maximum absolute atomic E-state index is 12.6. The molecule has 1 amide bonds. The zero-order valence-corrected chi connectivity index (χ0v) is 16.3. The van der Waals surface area contributed by atoms with Gasteiger partial charge in [-0.3, -0.25) is 13.9 Å². The average molecular weight is 407 g/mol. The molecule has 2 aromatic rings. The quantitative estimate of drug-likeness (QED) is 0.784. The van der Waals surface area contributed by atoms with E-state index in [1.165, 1.54) is 29.4 Å². The van der Waals surface area contributed by atoms with Crippen molar-refractivity contribution in [3.63, 3.8) is 0 Å². The normalized spacial score (nSPS) is 16.0. The van der Waals surface area contributed by atoms with Gasteiger partial charge in [-0.05, 0) is 50.1 Å². The summed E-state index contributed by atoms with van der Waals surface area (Å²) in [6.45, 7) is 1.79. The van der Waals surface area contributed by atoms with Crippen LogP contribution in [0.25, 0.3) is 0 Å². The molecular formula is C19H19ClN2O4S. The average Bonchev–Trinajstić information content (AvgIpc) is 2.62. The Morgan fingerprint density at radius 2 is 1.85 bits per heavy atom. The number of benzene rings is 2. The second kappa shape index (κ2) is 7.70. The summed E-state index contributed by atoms with van der Waals surface area (Å²) in [6, 6.07) is 11.1. The van der Waals surface area contributed by atoms with E-state index >= 15 is 0 Å². The minimum absolute atomic E-state index is 0.0671. The molecule has 8 heteroatoms. The Morgan fingerprint density at radius 3 is 2.56 bits per heavy atom. The number of hydrogen-bond acceptors (Lipinski definition) is 4. The second-order valence-corrected chi connectivity index (χ2v) is 8.77. The maximum Gasteiger partial charge on any atom is 0.255 e. The van der Waals surface area contributed by atoms with E-state index in [0.29, 0.717) is 29.9 Å². The molecular weight excluding hydrogens is 388 g/mol. The molecule has 0 aliphatic carbocycles. The van der Waals surface area contributed by atoms with Gasteiger partial charge in [-0.1, -0.05) is 23.7 Å². The van der Waals surface area contributed by atoms with E-state index in [-0.39, 0.29) is 22.1 Å². The second-order valence-electron chi connectivity index (χ2n) is 6.35. The molecule has 3 rings (SSSR count). The van der Waals surface area contributed by atoms with E-state index in [1.54, 1.807) is 24.3 Å². The summed E-state index contributed by atoms with van der Waals surface area (Å²) >= 11 is 6.20. The van der Waals surface area contributed by atoms with E-state index in [4.69, 9.17) is 11.6 Å². The molecule has 1 aliphatic heterocycles. The predicted octanol–water partition coefficient (Wildman–Crippen LogP) is 3.72. The summed E-state index contributed by atoms with van der Waals surface area (Å²) in [5.74, 6) is -0.448. The summed E-state index contributed by atoms with van der Waals surface area (Å²) in [6.07, 6.45) is 1.35. The topological polar surface area (TPSA) is 83.6 Å². The zero-order chi connectivity index (χ0) is 19.6. The van der Waals surface area contributed by atoms with Crippen LogP contribution in [0.5, 0.6) is 0 Å². The molecule has 0 unspecified atom stereocenters. The van der Waals surface area contributed by atoms with E-state index < -0.39 is 15.9 Å². The van der Waals surface area contributed by atoms with Gasteiger partial charge in [0.15, 0.2) is 5.78 Å². The van der Waals surface area contributed by atoms with Crippen LogP contribution in [0.1, 0.15) is 40.5 Å². The minimum atomic E-state index is -3.44. The number of nitrogens with zero attached hydrogens (tertiary/aromatic N) is 1. The number of rotatable bonds is 4. The number of ketones is 1. The third-order valence-electron chi connectivity index (χ3n) is 4.35. The van der Waals surface area contributed by atoms with E-state index in [2.05, 4.69) is 5.32 Å². The number of halogens is 1. The molecule has 0 spiro atoms. The number of hydrogen-bond donors (Lipinski definition) is 1. The van der Waals surface area contributed by atoms with E-state index in [9.17, 15) is 18.0 Å². The van der Waals surface area contributed by atoms with Gasteiger partial charge >= 0.3 is 0 Å².